The van der Waals surface area contributed by atoms with E-state index in [0.29, 0.717) is 13.1 Å². The molecule has 0 bridgehead atoms. The Kier molecular flexibility index (Phi) is 11.5. The monoisotopic (exact) mass is 563 g/mol. The number of rotatable bonds is 9. The first-order valence-corrected chi connectivity index (χ1v) is 10.4. The van der Waals surface area contributed by atoms with Gasteiger partial charge in [-0.15, -0.1) is 24.0 Å². The topological polar surface area (TPSA) is 54.3 Å². The molecule has 1 aromatic heterocycles. The molecule has 7 nitrogen and oxygen atoms in total. The van der Waals surface area contributed by atoms with Crippen LogP contribution in [0.3, 0.4) is 0 Å². The lowest BCUT2D eigenvalue weighted by atomic mass is 10.1. The normalized spacial score (nSPS) is 12.4. The van der Waals surface area contributed by atoms with Gasteiger partial charge in [0.25, 0.3) is 0 Å². The number of halogens is 2. The summed E-state index contributed by atoms with van der Waals surface area (Å²) in [5.74, 6) is 2.29. The molecule has 0 fully saturated rings. The van der Waals surface area contributed by atoms with Crippen molar-refractivity contribution in [3.05, 3.63) is 46.7 Å². The molecule has 174 valence electrons. The van der Waals surface area contributed by atoms with Crippen molar-refractivity contribution >= 4 is 41.5 Å². The predicted molar refractivity (Wildman–Crippen MR) is 139 cm³/mol. The molecule has 0 amide bonds. The first-order valence-electron chi connectivity index (χ1n) is 9.99. The molecule has 2 rings (SSSR count). The second-order valence-corrected chi connectivity index (χ2v) is 7.84. The molecular weight excluding hydrogens is 529 g/mol. The molecule has 1 heterocycles. The van der Waals surface area contributed by atoms with Crippen LogP contribution in [0.5, 0.6) is 11.5 Å². The average Bonchev–Trinajstić information content (AvgIpc) is 3.03. The van der Waals surface area contributed by atoms with E-state index in [0.717, 1.165) is 40.3 Å². The van der Waals surface area contributed by atoms with Gasteiger partial charge in [0.2, 0.25) is 0 Å². The molecule has 0 saturated carbocycles. The highest BCUT2D eigenvalue weighted by molar-refractivity contribution is 14.0. The Morgan fingerprint density at radius 3 is 2.35 bits per heavy atom. The lowest BCUT2D eigenvalue weighted by Crippen LogP contribution is -2.39. The number of ether oxygens (including phenoxy) is 2. The third-order valence-corrected chi connectivity index (χ3v) is 5.21. The highest BCUT2D eigenvalue weighted by Gasteiger charge is 2.18. The maximum atomic E-state index is 6.13. The van der Waals surface area contributed by atoms with Gasteiger partial charge in [0, 0.05) is 32.5 Å². The molecular formula is C22H35ClIN5O2. The van der Waals surface area contributed by atoms with E-state index in [1.807, 2.05) is 43.1 Å². The van der Waals surface area contributed by atoms with Crippen molar-refractivity contribution in [1.29, 1.82) is 0 Å². The minimum atomic E-state index is 0. The van der Waals surface area contributed by atoms with Gasteiger partial charge in [-0.2, -0.15) is 0 Å². The minimum Gasteiger partial charge on any atom is -0.493 e. The molecule has 1 atom stereocenters. The highest BCUT2D eigenvalue weighted by Crippen LogP contribution is 2.31. The molecule has 31 heavy (non-hydrogen) atoms. The molecule has 0 aliphatic heterocycles. The highest BCUT2D eigenvalue weighted by atomic mass is 127. The van der Waals surface area contributed by atoms with Crippen LogP contribution < -0.4 is 14.8 Å². The van der Waals surface area contributed by atoms with Gasteiger partial charge in [-0.05, 0) is 44.8 Å². The maximum absolute atomic E-state index is 6.13. The fourth-order valence-corrected chi connectivity index (χ4v) is 3.58. The molecule has 0 radical (unpaired) electrons. The van der Waals surface area contributed by atoms with E-state index in [9.17, 15) is 0 Å². The zero-order valence-corrected chi connectivity index (χ0v) is 22.6. The van der Waals surface area contributed by atoms with E-state index < -0.39 is 0 Å². The number of benzene rings is 1. The minimum absolute atomic E-state index is 0. The standard InChI is InChI=1S/C22H34ClN5O2.HI/c1-8-24-22(28(5)15-18-12-17(23)14-27(18)4)25-13-19(26(2)3)16-9-10-20(29-6)21(11-16)30-7;/h9-12,14,19H,8,13,15H2,1-7H3,(H,24,25);1H. The Labute approximate surface area is 208 Å². The van der Waals surface area contributed by atoms with E-state index in [1.54, 1.807) is 14.2 Å². The first kappa shape index (κ1) is 27.4. The van der Waals surface area contributed by atoms with Crippen molar-refractivity contribution in [2.45, 2.75) is 19.5 Å². The number of hydrogen-bond donors (Lipinski definition) is 1. The van der Waals surface area contributed by atoms with Gasteiger partial charge in [-0.3, -0.25) is 4.99 Å². The van der Waals surface area contributed by atoms with E-state index in [2.05, 4.69) is 42.2 Å². The van der Waals surface area contributed by atoms with Gasteiger partial charge in [0.1, 0.15) is 0 Å². The number of guanidine groups is 1. The largest absolute Gasteiger partial charge is 0.493 e. The summed E-state index contributed by atoms with van der Waals surface area (Å²) in [6.07, 6.45) is 1.91. The molecule has 1 N–H and O–H groups in total. The van der Waals surface area contributed by atoms with Gasteiger partial charge in [-0.25, -0.2) is 0 Å². The number of methoxy groups -OCH3 is 2. The van der Waals surface area contributed by atoms with Gasteiger partial charge < -0.3 is 29.2 Å². The fourth-order valence-electron chi connectivity index (χ4n) is 3.31. The summed E-state index contributed by atoms with van der Waals surface area (Å²) >= 11 is 6.13. The van der Waals surface area contributed by atoms with Crippen molar-refractivity contribution in [3.63, 3.8) is 0 Å². The predicted octanol–water partition coefficient (Wildman–Crippen LogP) is 4.01. The third kappa shape index (κ3) is 7.47. The van der Waals surface area contributed by atoms with Crippen LogP contribution in [0.1, 0.15) is 24.2 Å². The Morgan fingerprint density at radius 2 is 1.84 bits per heavy atom. The third-order valence-electron chi connectivity index (χ3n) is 5.00. The number of hydrogen-bond acceptors (Lipinski definition) is 4. The lowest BCUT2D eigenvalue weighted by molar-refractivity contribution is 0.302. The summed E-state index contributed by atoms with van der Waals surface area (Å²) in [5.41, 5.74) is 2.24. The second-order valence-electron chi connectivity index (χ2n) is 7.41. The quantitative estimate of drug-likeness (QED) is 0.284. The Morgan fingerprint density at radius 1 is 1.16 bits per heavy atom. The molecule has 2 aromatic rings. The molecule has 0 aliphatic rings. The number of likely N-dealkylation sites (N-methyl/N-ethyl adjacent to an activating group) is 1. The van der Waals surface area contributed by atoms with Crippen molar-refractivity contribution in [2.24, 2.45) is 12.0 Å². The lowest BCUT2D eigenvalue weighted by Gasteiger charge is -2.26. The smallest absolute Gasteiger partial charge is 0.194 e. The maximum Gasteiger partial charge on any atom is 0.194 e. The summed E-state index contributed by atoms with van der Waals surface area (Å²) in [5, 5.41) is 4.13. The molecule has 0 spiro atoms. The van der Waals surface area contributed by atoms with Crippen molar-refractivity contribution in [2.75, 3.05) is 48.5 Å². The van der Waals surface area contributed by atoms with Crippen LogP contribution in [-0.4, -0.2) is 68.8 Å². The van der Waals surface area contributed by atoms with Crippen LogP contribution in [-0.2, 0) is 13.6 Å². The van der Waals surface area contributed by atoms with Crippen LogP contribution in [0.4, 0.5) is 0 Å². The molecule has 1 unspecified atom stereocenters. The number of aromatic nitrogens is 1. The van der Waals surface area contributed by atoms with Crippen molar-refractivity contribution in [3.8, 4) is 11.5 Å². The SMILES string of the molecule is CCNC(=NCC(c1ccc(OC)c(OC)c1)N(C)C)N(C)Cc1cc(Cl)cn1C.I. The average molecular weight is 564 g/mol. The number of nitrogens with zero attached hydrogens (tertiary/aromatic N) is 4. The number of aliphatic imine (C=N–C) groups is 1. The second kappa shape index (κ2) is 13.0. The number of aryl methyl sites for hydroxylation is 1. The molecule has 0 aliphatic carbocycles. The van der Waals surface area contributed by atoms with Crippen LogP contribution in [0.25, 0.3) is 0 Å². The fraction of sp³-hybridized carbons (Fsp3) is 0.500. The number of nitrogens with one attached hydrogen (secondary N) is 1. The first-order chi connectivity index (χ1) is 14.3. The van der Waals surface area contributed by atoms with Crippen LogP contribution in [0.15, 0.2) is 35.5 Å². The van der Waals surface area contributed by atoms with Gasteiger partial charge in [0.15, 0.2) is 17.5 Å². The molecule has 0 saturated heterocycles. The van der Waals surface area contributed by atoms with Crippen LogP contribution in [0.2, 0.25) is 5.02 Å². The molecule has 9 heteroatoms. The van der Waals surface area contributed by atoms with Gasteiger partial charge in [0.05, 0.1) is 38.4 Å². The Hall–Kier alpha value is -1.65. The Balaban J connectivity index is 0.00000480. The summed E-state index contributed by atoms with van der Waals surface area (Å²) < 4.78 is 12.9. The van der Waals surface area contributed by atoms with E-state index in [4.69, 9.17) is 26.1 Å². The van der Waals surface area contributed by atoms with E-state index in [1.165, 1.54) is 0 Å². The summed E-state index contributed by atoms with van der Waals surface area (Å²) in [7, 11) is 11.4. The summed E-state index contributed by atoms with van der Waals surface area (Å²) in [6, 6.07) is 8.08. The zero-order valence-electron chi connectivity index (χ0n) is 19.5. The summed E-state index contributed by atoms with van der Waals surface area (Å²) in [6.45, 7) is 4.17. The zero-order chi connectivity index (χ0) is 22.3. The van der Waals surface area contributed by atoms with Crippen molar-refractivity contribution in [1.82, 2.24) is 19.7 Å². The van der Waals surface area contributed by atoms with Crippen LogP contribution in [0, 0.1) is 0 Å². The van der Waals surface area contributed by atoms with E-state index in [-0.39, 0.29) is 30.0 Å². The van der Waals surface area contributed by atoms with Crippen LogP contribution >= 0.6 is 35.6 Å². The van der Waals surface area contributed by atoms with Gasteiger partial charge >= 0.3 is 0 Å². The molecule has 1 aromatic carbocycles. The van der Waals surface area contributed by atoms with E-state index >= 15 is 0 Å². The summed E-state index contributed by atoms with van der Waals surface area (Å²) in [4.78, 5) is 9.18. The Bertz CT molecular complexity index is 856. The van der Waals surface area contributed by atoms with Gasteiger partial charge in [-0.1, -0.05) is 17.7 Å². The van der Waals surface area contributed by atoms with Crippen molar-refractivity contribution < 1.29 is 9.47 Å².